The van der Waals surface area contributed by atoms with Crippen molar-refractivity contribution < 1.29 is 4.79 Å². The maximum absolute atomic E-state index is 13.3. The summed E-state index contributed by atoms with van der Waals surface area (Å²) in [4.78, 5) is 30.9. The number of rotatable bonds is 6. The largest absolute Gasteiger partial charge is 0.325 e. The molecule has 0 aliphatic heterocycles. The molecular formula is C26H25N3O2S. The van der Waals surface area contributed by atoms with Gasteiger partial charge in [0.2, 0.25) is 5.91 Å². The first-order valence-corrected chi connectivity index (χ1v) is 11.5. The maximum Gasteiger partial charge on any atom is 0.266 e. The minimum Gasteiger partial charge on any atom is -0.325 e. The minimum absolute atomic E-state index is 0.144. The zero-order valence-electron chi connectivity index (χ0n) is 18.3. The normalized spacial score (nSPS) is 12.1. The second kappa shape index (κ2) is 9.40. The van der Waals surface area contributed by atoms with Crippen LogP contribution in [0.2, 0.25) is 0 Å². The summed E-state index contributed by atoms with van der Waals surface area (Å²) in [7, 11) is 0. The van der Waals surface area contributed by atoms with Crippen molar-refractivity contribution in [3.05, 3.63) is 94.8 Å². The average molecular weight is 444 g/mol. The Bertz CT molecular complexity index is 1300. The topological polar surface area (TPSA) is 64.0 Å². The van der Waals surface area contributed by atoms with Crippen molar-refractivity contribution in [2.24, 2.45) is 0 Å². The van der Waals surface area contributed by atoms with E-state index in [4.69, 9.17) is 4.98 Å². The molecule has 4 aromatic rings. The number of carbonyl (C=O) groups is 1. The van der Waals surface area contributed by atoms with Gasteiger partial charge in [-0.3, -0.25) is 14.2 Å². The van der Waals surface area contributed by atoms with Crippen molar-refractivity contribution >= 4 is 34.3 Å². The van der Waals surface area contributed by atoms with E-state index in [0.29, 0.717) is 22.0 Å². The Labute approximate surface area is 191 Å². The van der Waals surface area contributed by atoms with Gasteiger partial charge in [-0.1, -0.05) is 68.1 Å². The summed E-state index contributed by atoms with van der Waals surface area (Å²) in [5.41, 5.74) is 3.15. The van der Waals surface area contributed by atoms with Gasteiger partial charge < -0.3 is 5.32 Å². The lowest BCUT2D eigenvalue weighted by Crippen LogP contribution is -2.26. The van der Waals surface area contributed by atoms with Gasteiger partial charge in [0, 0.05) is 5.69 Å². The van der Waals surface area contributed by atoms with Gasteiger partial charge in [0.15, 0.2) is 5.16 Å². The third kappa shape index (κ3) is 4.60. The summed E-state index contributed by atoms with van der Waals surface area (Å²) in [6.07, 6.45) is 0. The van der Waals surface area contributed by atoms with Crippen LogP contribution in [0.4, 0.5) is 5.69 Å². The molecule has 4 rings (SSSR count). The fraction of sp³-hybridized carbons (Fsp3) is 0.192. The van der Waals surface area contributed by atoms with Crippen molar-refractivity contribution in [2.75, 3.05) is 5.32 Å². The number of anilines is 1. The van der Waals surface area contributed by atoms with E-state index in [1.807, 2.05) is 79.7 Å². The molecule has 5 nitrogen and oxygen atoms in total. The molecule has 3 aromatic carbocycles. The number of nitrogens with one attached hydrogen (secondary N) is 1. The Morgan fingerprint density at radius 3 is 2.25 bits per heavy atom. The fourth-order valence-electron chi connectivity index (χ4n) is 3.40. The van der Waals surface area contributed by atoms with E-state index in [1.54, 1.807) is 10.6 Å². The van der Waals surface area contributed by atoms with Crippen LogP contribution >= 0.6 is 11.8 Å². The lowest BCUT2D eigenvalue weighted by Gasteiger charge is -2.16. The highest BCUT2D eigenvalue weighted by atomic mass is 32.2. The molecule has 32 heavy (non-hydrogen) atoms. The van der Waals surface area contributed by atoms with Crippen LogP contribution in [-0.2, 0) is 4.79 Å². The van der Waals surface area contributed by atoms with Crippen LogP contribution in [0.1, 0.15) is 32.3 Å². The molecule has 1 atom stereocenters. The molecule has 0 spiro atoms. The van der Waals surface area contributed by atoms with E-state index in [2.05, 4.69) is 19.2 Å². The second-order valence-corrected chi connectivity index (χ2v) is 9.22. The zero-order chi connectivity index (χ0) is 22.7. The highest BCUT2D eigenvalue weighted by Crippen LogP contribution is 2.26. The van der Waals surface area contributed by atoms with Crippen molar-refractivity contribution in [3.63, 3.8) is 0 Å². The molecule has 0 aliphatic carbocycles. The molecule has 6 heteroatoms. The number of nitrogens with zero attached hydrogens (tertiary/aromatic N) is 2. The van der Waals surface area contributed by atoms with E-state index in [0.717, 1.165) is 11.4 Å². The molecule has 1 N–H and O–H groups in total. The molecule has 1 heterocycles. The van der Waals surface area contributed by atoms with Crippen molar-refractivity contribution in [3.8, 4) is 5.69 Å². The third-order valence-electron chi connectivity index (χ3n) is 5.26. The Balaban J connectivity index is 1.64. The van der Waals surface area contributed by atoms with E-state index in [-0.39, 0.29) is 11.5 Å². The van der Waals surface area contributed by atoms with Gasteiger partial charge in [0.25, 0.3) is 5.56 Å². The van der Waals surface area contributed by atoms with Crippen LogP contribution in [0.25, 0.3) is 16.6 Å². The van der Waals surface area contributed by atoms with Crippen LogP contribution in [-0.4, -0.2) is 20.7 Å². The molecule has 0 fully saturated rings. The molecule has 1 aromatic heterocycles. The number of benzene rings is 3. The molecule has 1 unspecified atom stereocenters. The summed E-state index contributed by atoms with van der Waals surface area (Å²) in [5, 5.41) is 3.54. The van der Waals surface area contributed by atoms with Crippen LogP contribution in [0.5, 0.6) is 0 Å². The molecular weight excluding hydrogens is 418 g/mol. The van der Waals surface area contributed by atoms with E-state index >= 15 is 0 Å². The quantitative estimate of drug-likeness (QED) is 0.310. The monoisotopic (exact) mass is 443 g/mol. The Morgan fingerprint density at radius 2 is 1.56 bits per heavy atom. The number of hydrogen-bond acceptors (Lipinski definition) is 4. The van der Waals surface area contributed by atoms with E-state index in [9.17, 15) is 9.59 Å². The minimum atomic E-state index is -0.456. The van der Waals surface area contributed by atoms with Crippen molar-refractivity contribution in [1.82, 2.24) is 9.55 Å². The van der Waals surface area contributed by atoms with E-state index in [1.165, 1.54) is 17.3 Å². The first-order chi connectivity index (χ1) is 15.4. The lowest BCUT2D eigenvalue weighted by molar-refractivity contribution is -0.115. The lowest BCUT2D eigenvalue weighted by atomic mass is 10.0. The molecule has 0 radical (unpaired) electrons. The number of carbonyl (C=O) groups excluding carboxylic acids is 1. The SMILES string of the molecule is CC(Sc1nc2ccccc2c(=O)n1-c1ccccc1)C(=O)Nc1ccc(C(C)C)cc1. The first-order valence-electron chi connectivity index (χ1n) is 10.6. The van der Waals surface area contributed by atoms with Gasteiger partial charge in [-0.25, -0.2) is 4.98 Å². The predicted molar refractivity (Wildman–Crippen MR) is 132 cm³/mol. The number of aromatic nitrogens is 2. The van der Waals surface area contributed by atoms with Gasteiger partial charge in [0.05, 0.1) is 21.8 Å². The van der Waals surface area contributed by atoms with E-state index < -0.39 is 5.25 Å². The molecule has 0 saturated heterocycles. The van der Waals surface area contributed by atoms with Crippen LogP contribution in [0, 0.1) is 0 Å². The summed E-state index contributed by atoms with van der Waals surface area (Å²) < 4.78 is 1.58. The summed E-state index contributed by atoms with van der Waals surface area (Å²) in [5.74, 6) is 0.289. The van der Waals surface area contributed by atoms with Gasteiger partial charge in [-0.2, -0.15) is 0 Å². The summed E-state index contributed by atoms with van der Waals surface area (Å²) in [6.45, 7) is 6.09. The van der Waals surface area contributed by atoms with Crippen LogP contribution < -0.4 is 10.9 Å². The average Bonchev–Trinajstić information content (AvgIpc) is 2.80. The summed E-state index contributed by atoms with van der Waals surface area (Å²) >= 11 is 1.27. The van der Waals surface area contributed by atoms with Crippen LogP contribution in [0.3, 0.4) is 0 Å². The van der Waals surface area contributed by atoms with Gasteiger partial charge in [-0.05, 0) is 54.8 Å². The number of hydrogen-bond donors (Lipinski definition) is 1. The van der Waals surface area contributed by atoms with Gasteiger partial charge in [0.1, 0.15) is 0 Å². The predicted octanol–water partition coefficient (Wildman–Crippen LogP) is 5.63. The third-order valence-corrected chi connectivity index (χ3v) is 6.31. The number of amides is 1. The Kier molecular flexibility index (Phi) is 6.42. The van der Waals surface area contributed by atoms with Crippen molar-refractivity contribution in [1.29, 1.82) is 0 Å². The zero-order valence-corrected chi connectivity index (χ0v) is 19.1. The van der Waals surface area contributed by atoms with Gasteiger partial charge >= 0.3 is 0 Å². The highest BCUT2D eigenvalue weighted by molar-refractivity contribution is 8.00. The second-order valence-electron chi connectivity index (χ2n) is 7.91. The van der Waals surface area contributed by atoms with Crippen molar-refractivity contribution in [2.45, 2.75) is 37.1 Å². The summed E-state index contributed by atoms with van der Waals surface area (Å²) in [6, 6.07) is 24.5. The Morgan fingerprint density at radius 1 is 0.906 bits per heavy atom. The Hall–Kier alpha value is -3.38. The standard InChI is InChI=1S/C26H25N3O2S/c1-17(2)19-13-15-20(16-14-19)27-24(30)18(3)32-26-28-23-12-8-7-11-22(23)25(31)29(26)21-9-5-4-6-10-21/h4-18H,1-3H3,(H,27,30). The molecule has 162 valence electrons. The number of thioether (sulfide) groups is 1. The fourth-order valence-corrected chi connectivity index (χ4v) is 4.33. The highest BCUT2D eigenvalue weighted by Gasteiger charge is 2.20. The first kappa shape index (κ1) is 21.8. The number of para-hydroxylation sites is 2. The van der Waals surface area contributed by atoms with Gasteiger partial charge in [-0.15, -0.1) is 0 Å². The number of fused-ring (bicyclic) bond motifs is 1. The van der Waals surface area contributed by atoms with Crippen LogP contribution in [0.15, 0.2) is 88.8 Å². The molecule has 1 amide bonds. The molecule has 0 bridgehead atoms. The molecule has 0 saturated carbocycles. The molecule has 0 aliphatic rings. The maximum atomic E-state index is 13.3. The smallest absolute Gasteiger partial charge is 0.266 e.